The zero-order chi connectivity index (χ0) is 20.7. The minimum absolute atomic E-state index is 0.275. The number of nitrogens with zero attached hydrogens (tertiary/aromatic N) is 1. The maximum Gasteiger partial charge on any atom is 0.235 e. The number of hydrogen-bond acceptors (Lipinski definition) is 4. The molecular weight excluding hydrogens is 434 g/mol. The van der Waals surface area contributed by atoms with Gasteiger partial charge in [-0.1, -0.05) is 78.3 Å². The second kappa shape index (κ2) is 6.02. The zero-order valence-electron chi connectivity index (χ0n) is 16.0. The average molecular weight is 453 g/mol. The number of carboxylic acid groups (broad SMARTS) is 1. The highest BCUT2D eigenvalue weighted by Gasteiger charge is 2.68. The lowest BCUT2D eigenvalue weighted by Crippen LogP contribution is -2.54. The summed E-state index contributed by atoms with van der Waals surface area (Å²) in [4.78, 5) is 40.0. The Bertz CT molecular complexity index is 1030. The van der Waals surface area contributed by atoms with Gasteiger partial charge in [-0.2, -0.15) is 0 Å². The third-order valence-corrected chi connectivity index (χ3v) is 8.05. The van der Waals surface area contributed by atoms with Crippen LogP contribution in [0.5, 0.6) is 0 Å². The van der Waals surface area contributed by atoms with Gasteiger partial charge in [-0.3, -0.25) is 14.5 Å². The number of alkyl halides is 1. The molecule has 1 aliphatic heterocycles. The number of imide groups is 1. The van der Waals surface area contributed by atoms with E-state index in [1.165, 1.54) is 0 Å². The third-order valence-electron chi connectivity index (χ3n) is 6.70. The van der Waals surface area contributed by atoms with Crippen LogP contribution in [-0.4, -0.2) is 28.7 Å². The standard InChI is InChI=1S/C23H20BrNO4/c1-11(2)19(22(28)29)25-20(26)17-16-12-7-3-5-9-14(12)23(24,18(17)21(25)27)15-10-6-4-8-13(15)16/h3-11,16-19H,1-2H3,(H,28,29)/p-1/t16?,17-,18+,19-,23?/m1/s1. The zero-order valence-corrected chi connectivity index (χ0v) is 17.5. The number of carbonyl (C=O) groups excluding carboxylic acids is 3. The molecular formula is C23H19BrNO4-. The first-order chi connectivity index (χ1) is 13.8. The van der Waals surface area contributed by atoms with Gasteiger partial charge in [0.2, 0.25) is 11.8 Å². The Kier molecular flexibility index (Phi) is 3.85. The van der Waals surface area contributed by atoms with E-state index in [9.17, 15) is 19.5 Å². The number of hydrogen-bond donors (Lipinski definition) is 0. The van der Waals surface area contributed by atoms with Gasteiger partial charge in [0.25, 0.3) is 0 Å². The van der Waals surface area contributed by atoms with Gasteiger partial charge in [-0.05, 0) is 28.2 Å². The lowest BCUT2D eigenvalue weighted by Gasteiger charge is -2.51. The summed E-state index contributed by atoms with van der Waals surface area (Å²) < 4.78 is -0.867. The minimum Gasteiger partial charge on any atom is -0.548 e. The van der Waals surface area contributed by atoms with Gasteiger partial charge >= 0.3 is 0 Å². The van der Waals surface area contributed by atoms with Crippen molar-refractivity contribution in [1.82, 2.24) is 4.90 Å². The predicted octanol–water partition coefficient (Wildman–Crippen LogP) is 2.16. The molecule has 6 heteroatoms. The van der Waals surface area contributed by atoms with E-state index in [4.69, 9.17) is 0 Å². The second-order valence-corrected chi connectivity index (χ2v) is 9.67. The van der Waals surface area contributed by atoms with Crippen molar-refractivity contribution in [3.8, 4) is 0 Å². The number of carboxylic acids is 1. The van der Waals surface area contributed by atoms with E-state index < -0.39 is 45.9 Å². The van der Waals surface area contributed by atoms with E-state index in [0.717, 1.165) is 27.2 Å². The maximum absolute atomic E-state index is 13.6. The van der Waals surface area contributed by atoms with Crippen LogP contribution in [0, 0.1) is 17.8 Å². The van der Waals surface area contributed by atoms with Gasteiger partial charge in [-0.25, -0.2) is 0 Å². The molecule has 29 heavy (non-hydrogen) atoms. The molecule has 3 atom stereocenters. The third kappa shape index (κ3) is 2.13. The molecule has 0 N–H and O–H groups in total. The summed E-state index contributed by atoms with van der Waals surface area (Å²) in [6, 6.07) is 14.4. The van der Waals surface area contributed by atoms with Gasteiger partial charge < -0.3 is 9.90 Å². The van der Waals surface area contributed by atoms with Crippen molar-refractivity contribution in [1.29, 1.82) is 0 Å². The molecule has 2 aromatic carbocycles. The van der Waals surface area contributed by atoms with Gasteiger partial charge in [0.1, 0.15) is 0 Å². The summed E-state index contributed by atoms with van der Waals surface area (Å²) in [5.41, 5.74) is 3.98. The highest BCUT2D eigenvalue weighted by Crippen LogP contribution is 2.66. The first-order valence-electron chi connectivity index (χ1n) is 9.75. The Balaban J connectivity index is 1.77. The molecule has 148 valence electrons. The van der Waals surface area contributed by atoms with Gasteiger partial charge in [0, 0.05) is 5.92 Å². The molecule has 6 rings (SSSR count). The highest BCUT2D eigenvalue weighted by molar-refractivity contribution is 9.09. The molecule has 0 spiro atoms. The van der Waals surface area contributed by atoms with E-state index in [1.54, 1.807) is 13.8 Å². The van der Waals surface area contributed by atoms with Crippen LogP contribution in [0.1, 0.15) is 42.0 Å². The fourth-order valence-electron chi connectivity index (χ4n) is 5.65. The molecule has 3 aliphatic carbocycles. The van der Waals surface area contributed by atoms with E-state index in [-0.39, 0.29) is 5.92 Å². The number of amides is 2. The Morgan fingerprint density at radius 3 is 2.00 bits per heavy atom. The maximum atomic E-state index is 13.6. The second-order valence-electron chi connectivity index (χ2n) is 8.42. The SMILES string of the molecule is CC(C)[C@H](C(=O)[O-])N1C(=O)[C@@H]2C3c4ccccc4C(Br)(c4ccccc43)[C@@H]2C1=O. The molecule has 1 fully saturated rings. The van der Waals surface area contributed by atoms with Crippen LogP contribution in [-0.2, 0) is 18.7 Å². The van der Waals surface area contributed by atoms with E-state index in [0.29, 0.717) is 0 Å². The molecule has 2 bridgehead atoms. The Morgan fingerprint density at radius 2 is 1.52 bits per heavy atom. The molecule has 5 nitrogen and oxygen atoms in total. The van der Waals surface area contributed by atoms with Crippen molar-refractivity contribution >= 4 is 33.7 Å². The van der Waals surface area contributed by atoms with Crippen molar-refractivity contribution < 1.29 is 19.5 Å². The van der Waals surface area contributed by atoms with Gasteiger partial charge in [0.15, 0.2) is 0 Å². The molecule has 0 radical (unpaired) electrons. The quantitative estimate of drug-likeness (QED) is 0.527. The Morgan fingerprint density at radius 1 is 1.00 bits per heavy atom. The molecule has 4 aliphatic rings. The summed E-state index contributed by atoms with van der Waals surface area (Å²) in [5.74, 6) is -4.29. The lowest BCUT2D eigenvalue weighted by molar-refractivity contribution is -0.312. The summed E-state index contributed by atoms with van der Waals surface area (Å²) in [5, 5.41) is 11.9. The van der Waals surface area contributed by atoms with Crippen molar-refractivity contribution in [3.05, 3.63) is 70.8 Å². The molecule has 1 heterocycles. The molecule has 1 saturated heterocycles. The lowest BCUT2D eigenvalue weighted by atomic mass is 9.55. The van der Waals surface area contributed by atoms with Crippen LogP contribution in [0.4, 0.5) is 0 Å². The fraction of sp³-hybridized carbons (Fsp3) is 0.348. The largest absolute Gasteiger partial charge is 0.548 e. The van der Waals surface area contributed by atoms with E-state index in [2.05, 4.69) is 15.9 Å². The number of benzene rings is 2. The monoisotopic (exact) mass is 452 g/mol. The summed E-state index contributed by atoms with van der Waals surface area (Å²) in [6.07, 6.45) is 0. The smallest absolute Gasteiger partial charge is 0.235 e. The summed E-state index contributed by atoms with van der Waals surface area (Å²) in [6.45, 7) is 3.37. The predicted molar refractivity (Wildman–Crippen MR) is 107 cm³/mol. The number of carbonyl (C=O) groups is 3. The Hall–Kier alpha value is -2.47. The first-order valence-corrected chi connectivity index (χ1v) is 10.5. The van der Waals surface area contributed by atoms with Crippen LogP contribution >= 0.6 is 15.9 Å². The van der Waals surface area contributed by atoms with Crippen LogP contribution in [0.2, 0.25) is 0 Å². The number of halogens is 1. The van der Waals surface area contributed by atoms with Crippen molar-refractivity contribution in [2.75, 3.05) is 0 Å². The van der Waals surface area contributed by atoms with E-state index >= 15 is 0 Å². The van der Waals surface area contributed by atoms with E-state index in [1.807, 2.05) is 48.5 Å². The number of aliphatic carboxylic acids is 1. The van der Waals surface area contributed by atoms with Crippen molar-refractivity contribution in [2.45, 2.75) is 30.1 Å². The van der Waals surface area contributed by atoms with Crippen molar-refractivity contribution in [3.63, 3.8) is 0 Å². The van der Waals surface area contributed by atoms with Crippen LogP contribution in [0.3, 0.4) is 0 Å². The number of likely N-dealkylation sites (tertiary alicyclic amines) is 1. The van der Waals surface area contributed by atoms with Gasteiger partial charge in [0.05, 0.1) is 28.2 Å². The topological polar surface area (TPSA) is 77.5 Å². The van der Waals surface area contributed by atoms with Crippen LogP contribution < -0.4 is 5.11 Å². The van der Waals surface area contributed by atoms with Crippen molar-refractivity contribution in [2.24, 2.45) is 17.8 Å². The molecule has 0 aromatic heterocycles. The summed E-state index contributed by atoms with van der Waals surface area (Å²) in [7, 11) is 0. The number of rotatable bonds is 3. The van der Waals surface area contributed by atoms with Crippen LogP contribution in [0.15, 0.2) is 48.5 Å². The first kappa shape index (κ1) is 18.6. The molecule has 2 amide bonds. The molecule has 0 unspecified atom stereocenters. The fourth-order valence-corrected chi connectivity index (χ4v) is 6.85. The normalized spacial score (nSPS) is 30.2. The summed E-state index contributed by atoms with van der Waals surface area (Å²) >= 11 is 3.89. The van der Waals surface area contributed by atoms with Crippen LogP contribution in [0.25, 0.3) is 0 Å². The van der Waals surface area contributed by atoms with Gasteiger partial charge in [-0.15, -0.1) is 0 Å². The average Bonchev–Trinajstić information content (AvgIpc) is 2.95. The highest BCUT2D eigenvalue weighted by atomic mass is 79.9. The minimum atomic E-state index is -1.40. The Labute approximate surface area is 176 Å². The molecule has 2 aromatic rings. The molecule has 0 saturated carbocycles.